The Morgan fingerprint density at radius 1 is 0.837 bits per heavy atom. The monoisotopic (exact) mass is 671 g/mol. The minimum absolute atomic E-state index is 0.0585. The SMILES string of the molecule is COC(=O)c1ccc(CCC(=O)c2ccc(CNC(=O)CC[C@@H](C)[C@H]3CC[C@H]4[C@@H]5[C@@H](O)C[C@@H]6C[C@H](O)CC[C@]6(C)[C@H]5CC[C@]34C)cc2)cc1. The third kappa shape index (κ3) is 7.26. The van der Waals surface area contributed by atoms with Crippen molar-refractivity contribution in [3.63, 3.8) is 0 Å². The predicted octanol–water partition coefficient (Wildman–Crippen LogP) is 7.31. The maximum Gasteiger partial charge on any atom is 0.337 e. The summed E-state index contributed by atoms with van der Waals surface area (Å²) in [5, 5.41) is 25.0. The Bertz CT molecular complexity index is 1490. The summed E-state index contributed by atoms with van der Waals surface area (Å²) in [6, 6.07) is 14.6. The van der Waals surface area contributed by atoms with E-state index in [-0.39, 0.29) is 40.7 Å². The van der Waals surface area contributed by atoms with E-state index in [0.717, 1.165) is 43.2 Å². The molecule has 49 heavy (non-hydrogen) atoms. The lowest BCUT2D eigenvalue weighted by atomic mass is 9.43. The topological polar surface area (TPSA) is 113 Å². The zero-order valence-corrected chi connectivity index (χ0v) is 30.0. The van der Waals surface area contributed by atoms with Gasteiger partial charge in [-0.15, -0.1) is 0 Å². The summed E-state index contributed by atoms with van der Waals surface area (Å²) >= 11 is 0. The molecule has 2 aromatic carbocycles. The van der Waals surface area contributed by atoms with E-state index in [0.29, 0.717) is 72.4 Å². The van der Waals surface area contributed by atoms with Crippen LogP contribution >= 0.6 is 0 Å². The van der Waals surface area contributed by atoms with Crippen molar-refractivity contribution in [2.45, 2.75) is 117 Å². The summed E-state index contributed by atoms with van der Waals surface area (Å²) in [4.78, 5) is 37.4. The number of ether oxygens (including phenoxy) is 1. The van der Waals surface area contributed by atoms with E-state index < -0.39 is 0 Å². The maximum absolute atomic E-state index is 13.0. The molecule has 10 atom stereocenters. The Balaban J connectivity index is 0.954. The van der Waals surface area contributed by atoms with Crippen molar-refractivity contribution in [1.82, 2.24) is 5.32 Å². The summed E-state index contributed by atoms with van der Waals surface area (Å²) in [6.45, 7) is 7.74. The lowest BCUT2D eigenvalue weighted by Gasteiger charge is -2.62. The number of methoxy groups -OCH3 is 1. The van der Waals surface area contributed by atoms with Gasteiger partial charge in [0.1, 0.15) is 0 Å². The number of ketones is 1. The molecule has 0 unspecified atom stereocenters. The number of benzene rings is 2. The van der Waals surface area contributed by atoms with E-state index in [1.165, 1.54) is 32.8 Å². The second kappa shape index (κ2) is 14.7. The van der Waals surface area contributed by atoms with Crippen molar-refractivity contribution in [3.05, 3.63) is 70.8 Å². The first-order valence-corrected chi connectivity index (χ1v) is 18.8. The second-order valence-electron chi connectivity index (χ2n) is 16.6. The highest BCUT2D eigenvalue weighted by atomic mass is 16.5. The molecule has 0 aliphatic heterocycles. The molecule has 0 radical (unpaired) electrons. The molecule has 4 fully saturated rings. The van der Waals surface area contributed by atoms with Gasteiger partial charge in [-0.1, -0.05) is 57.2 Å². The minimum Gasteiger partial charge on any atom is -0.465 e. The van der Waals surface area contributed by atoms with E-state index in [4.69, 9.17) is 4.74 Å². The maximum atomic E-state index is 13.0. The molecule has 1 amide bonds. The van der Waals surface area contributed by atoms with Crippen LogP contribution in [0.4, 0.5) is 0 Å². The number of hydrogen-bond acceptors (Lipinski definition) is 6. The Hall–Kier alpha value is -3.03. The molecule has 0 aromatic heterocycles. The largest absolute Gasteiger partial charge is 0.465 e. The van der Waals surface area contributed by atoms with Gasteiger partial charge in [-0.05, 0) is 134 Å². The molecule has 4 saturated carbocycles. The van der Waals surface area contributed by atoms with Gasteiger partial charge in [0.2, 0.25) is 5.91 Å². The standard InChI is InChI=1S/C42H57NO6/c1-26(33-15-16-34-39-35(20-22-42(33,34)3)41(2)21-19-32(44)23-31(41)24-37(39)46)5-18-38(47)43-25-28-8-11-29(12-9-28)36(45)17-10-27-6-13-30(14-7-27)40(48)49-4/h6-9,11-14,26,31-35,37,39,44,46H,5,10,15-25H2,1-4H3,(H,43,47)/t26-,31+,32-,33-,34+,35+,37+,39+,41+,42-/m1/s1. The van der Waals surface area contributed by atoms with Crippen LogP contribution in [-0.4, -0.2) is 47.2 Å². The van der Waals surface area contributed by atoms with Crippen LogP contribution in [0.1, 0.15) is 123 Å². The highest BCUT2D eigenvalue weighted by Crippen LogP contribution is 2.68. The van der Waals surface area contributed by atoms with Gasteiger partial charge in [-0.25, -0.2) is 4.79 Å². The van der Waals surface area contributed by atoms with Crippen LogP contribution in [0.15, 0.2) is 48.5 Å². The summed E-state index contributed by atoms with van der Waals surface area (Å²) in [5.41, 5.74) is 3.55. The molecular formula is C42H57NO6. The molecule has 0 spiro atoms. The van der Waals surface area contributed by atoms with E-state index in [1.807, 2.05) is 36.4 Å². The van der Waals surface area contributed by atoms with E-state index in [1.54, 1.807) is 12.1 Å². The number of aliphatic hydroxyl groups is 2. The molecule has 0 heterocycles. The van der Waals surface area contributed by atoms with Crippen molar-refractivity contribution < 1.29 is 29.3 Å². The van der Waals surface area contributed by atoms with Crippen molar-refractivity contribution >= 4 is 17.7 Å². The Morgan fingerprint density at radius 2 is 1.49 bits per heavy atom. The summed E-state index contributed by atoms with van der Waals surface area (Å²) in [6.07, 6.45) is 10.3. The van der Waals surface area contributed by atoms with Crippen molar-refractivity contribution in [3.8, 4) is 0 Å². The van der Waals surface area contributed by atoms with Crippen LogP contribution in [0.25, 0.3) is 0 Å². The predicted molar refractivity (Wildman–Crippen MR) is 190 cm³/mol. The lowest BCUT2D eigenvalue weighted by Crippen LogP contribution is -2.58. The second-order valence-corrected chi connectivity index (χ2v) is 16.6. The average Bonchev–Trinajstić information content (AvgIpc) is 3.46. The van der Waals surface area contributed by atoms with Crippen LogP contribution < -0.4 is 5.32 Å². The number of carbonyl (C=O) groups excluding carboxylic acids is 3. The lowest BCUT2D eigenvalue weighted by molar-refractivity contribution is -0.174. The minimum atomic E-state index is -0.376. The molecule has 4 aliphatic carbocycles. The summed E-state index contributed by atoms with van der Waals surface area (Å²) in [7, 11) is 1.35. The quantitative estimate of drug-likeness (QED) is 0.171. The van der Waals surface area contributed by atoms with E-state index >= 15 is 0 Å². The summed E-state index contributed by atoms with van der Waals surface area (Å²) in [5.74, 6) is 2.66. The van der Waals surface area contributed by atoms with Crippen molar-refractivity contribution in [2.24, 2.45) is 46.3 Å². The Labute approximate surface area is 292 Å². The van der Waals surface area contributed by atoms with Crippen molar-refractivity contribution in [2.75, 3.05) is 7.11 Å². The normalized spacial score (nSPS) is 34.2. The van der Waals surface area contributed by atoms with Gasteiger partial charge in [0, 0.05) is 24.9 Å². The van der Waals surface area contributed by atoms with Gasteiger partial charge in [-0.3, -0.25) is 9.59 Å². The fourth-order valence-corrected chi connectivity index (χ4v) is 11.2. The number of esters is 1. The zero-order chi connectivity index (χ0) is 34.9. The number of fused-ring (bicyclic) bond motifs is 5. The van der Waals surface area contributed by atoms with E-state index in [9.17, 15) is 24.6 Å². The number of rotatable bonds is 11. The molecule has 0 bridgehead atoms. The van der Waals surface area contributed by atoms with Crippen LogP contribution in [0.3, 0.4) is 0 Å². The molecule has 4 aliphatic rings. The number of aryl methyl sites for hydroxylation is 1. The van der Waals surface area contributed by atoms with Gasteiger partial charge in [0.25, 0.3) is 0 Å². The van der Waals surface area contributed by atoms with Crippen LogP contribution in [0.5, 0.6) is 0 Å². The number of Topliss-reactive ketones (excluding diaryl/α,β-unsaturated/α-hetero) is 1. The third-order valence-electron chi connectivity index (χ3n) is 14.0. The van der Waals surface area contributed by atoms with Gasteiger partial charge in [0.15, 0.2) is 5.78 Å². The molecule has 7 nitrogen and oxygen atoms in total. The highest BCUT2D eigenvalue weighted by molar-refractivity contribution is 5.96. The fourth-order valence-electron chi connectivity index (χ4n) is 11.2. The summed E-state index contributed by atoms with van der Waals surface area (Å²) < 4.78 is 4.74. The third-order valence-corrected chi connectivity index (χ3v) is 14.0. The average molecular weight is 672 g/mol. The molecule has 2 aromatic rings. The van der Waals surface area contributed by atoms with E-state index in [2.05, 4.69) is 26.1 Å². The first-order valence-electron chi connectivity index (χ1n) is 18.8. The Morgan fingerprint density at radius 3 is 2.20 bits per heavy atom. The van der Waals surface area contributed by atoms with Gasteiger partial charge < -0.3 is 20.3 Å². The number of hydrogen-bond donors (Lipinski definition) is 3. The van der Waals surface area contributed by atoms with Gasteiger partial charge in [0.05, 0.1) is 24.9 Å². The first-order chi connectivity index (χ1) is 23.4. The molecule has 3 N–H and O–H groups in total. The van der Waals surface area contributed by atoms with Gasteiger partial charge >= 0.3 is 5.97 Å². The number of carbonyl (C=O) groups is 3. The van der Waals surface area contributed by atoms with Crippen LogP contribution in [0.2, 0.25) is 0 Å². The number of aliphatic hydroxyl groups excluding tert-OH is 2. The molecule has 7 heteroatoms. The fraction of sp³-hybridized carbons (Fsp3) is 0.643. The molecule has 266 valence electrons. The Kier molecular flexibility index (Phi) is 10.7. The van der Waals surface area contributed by atoms with Crippen LogP contribution in [0, 0.1) is 46.3 Å². The zero-order valence-electron chi connectivity index (χ0n) is 30.0. The smallest absolute Gasteiger partial charge is 0.337 e. The van der Waals surface area contributed by atoms with Crippen LogP contribution in [-0.2, 0) is 22.5 Å². The highest BCUT2D eigenvalue weighted by Gasteiger charge is 2.62. The number of amides is 1. The van der Waals surface area contributed by atoms with Crippen molar-refractivity contribution in [1.29, 1.82) is 0 Å². The van der Waals surface area contributed by atoms with Gasteiger partial charge in [-0.2, -0.15) is 0 Å². The number of nitrogens with one attached hydrogen (secondary N) is 1. The first kappa shape index (κ1) is 35.8. The molecular weight excluding hydrogens is 614 g/mol. The molecule has 0 saturated heterocycles. The molecule has 6 rings (SSSR count).